The van der Waals surface area contributed by atoms with Crippen LogP contribution in [0.25, 0.3) is 0 Å². The number of aromatic nitrogens is 1. The molecule has 1 aromatic carbocycles. The Hall–Kier alpha value is -1.95. The predicted molar refractivity (Wildman–Crippen MR) is 68.3 cm³/mol. The summed E-state index contributed by atoms with van der Waals surface area (Å²) in [5, 5.41) is 13.9. The van der Waals surface area contributed by atoms with Gasteiger partial charge in [-0.3, -0.25) is 15.1 Å². The average Bonchev–Trinajstić information content (AvgIpc) is 2.33. The van der Waals surface area contributed by atoms with Crippen molar-refractivity contribution < 1.29 is 4.92 Å². The number of benzene rings is 1. The van der Waals surface area contributed by atoms with Crippen LogP contribution in [0.5, 0.6) is 0 Å². The molecule has 0 saturated heterocycles. The molecular weight excluding hydrogens is 286 g/mol. The predicted octanol–water partition coefficient (Wildman–Crippen LogP) is 3.50. The lowest BCUT2D eigenvalue weighted by Gasteiger charge is -2.08. The molecule has 0 atom stereocenters. The SMILES string of the molecule is O=[N+]([O-])c1cncc(Br)c1Nc1ccccc1. The van der Waals surface area contributed by atoms with Crippen LogP contribution in [-0.4, -0.2) is 9.91 Å². The van der Waals surface area contributed by atoms with Gasteiger partial charge in [0.05, 0.1) is 9.40 Å². The Balaban J connectivity index is 2.41. The molecule has 0 saturated carbocycles. The zero-order valence-electron chi connectivity index (χ0n) is 8.63. The van der Waals surface area contributed by atoms with E-state index in [1.54, 1.807) is 0 Å². The van der Waals surface area contributed by atoms with Crippen LogP contribution in [0.15, 0.2) is 47.2 Å². The molecule has 6 heteroatoms. The minimum Gasteiger partial charge on any atom is -0.349 e. The van der Waals surface area contributed by atoms with E-state index < -0.39 is 4.92 Å². The van der Waals surface area contributed by atoms with Crippen molar-refractivity contribution in [2.45, 2.75) is 0 Å². The third-order valence-corrected chi connectivity index (χ3v) is 2.72. The maximum atomic E-state index is 10.9. The van der Waals surface area contributed by atoms with Crippen molar-refractivity contribution in [3.05, 3.63) is 57.3 Å². The summed E-state index contributed by atoms with van der Waals surface area (Å²) in [6.07, 6.45) is 2.73. The Bertz CT molecular complexity index is 546. The van der Waals surface area contributed by atoms with Crippen LogP contribution in [0.1, 0.15) is 0 Å². The molecule has 17 heavy (non-hydrogen) atoms. The van der Waals surface area contributed by atoms with Crippen molar-refractivity contribution in [2.24, 2.45) is 0 Å². The highest BCUT2D eigenvalue weighted by molar-refractivity contribution is 9.10. The molecule has 0 radical (unpaired) electrons. The van der Waals surface area contributed by atoms with Crippen molar-refractivity contribution in [1.29, 1.82) is 0 Å². The molecule has 86 valence electrons. The summed E-state index contributed by atoms with van der Waals surface area (Å²) >= 11 is 3.24. The number of halogens is 1. The van der Waals surface area contributed by atoms with Gasteiger partial charge < -0.3 is 5.32 Å². The molecule has 0 bridgehead atoms. The lowest BCUT2D eigenvalue weighted by atomic mass is 10.3. The summed E-state index contributed by atoms with van der Waals surface area (Å²) < 4.78 is 0.551. The van der Waals surface area contributed by atoms with Crippen LogP contribution in [-0.2, 0) is 0 Å². The molecule has 5 nitrogen and oxygen atoms in total. The fourth-order valence-corrected chi connectivity index (χ4v) is 1.77. The van der Waals surface area contributed by atoms with Crippen molar-refractivity contribution in [3.63, 3.8) is 0 Å². The summed E-state index contributed by atoms with van der Waals surface area (Å²) in [6.45, 7) is 0. The van der Waals surface area contributed by atoms with Gasteiger partial charge in [-0.1, -0.05) is 18.2 Å². The number of para-hydroxylation sites is 1. The standard InChI is InChI=1S/C11H8BrN3O2/c12-9-6-13-7-10(15(16)17)11(9)14-8-4-2-1-3-5-8/h1-7H,(H,13,14). The fourth-order valence-electron chi connectivity index (χ4n) is 1.35. The third kappa shape index (κ3) is 2.59. The van der Waals surface area contributed by atoms with Crippen molar-refractivity contribution in [3.8, 4) is 0 Å². The lowest BCUT2D eigenvalue weighted by molar-refractivity contribution is -0.384. The molecule has 0 aliphatic rings. The second-order valence-corrected chi connectivity index (χ2v) is 4.12. The summed E-state index contributed by atoms with van der Waals surface area (Å²) in [4.78, 5) is 14.2. The van der Waals surface area contributed by atoms with Crippen LogP contribution < -0.4 is 5.32 Å². The first-order chi connectivity index (χ1) is 8.18. The van der Waals surface area contributed by atoms with Crippen LogP contribution in [0.4, 0.5) is 17.1 Å². The van der Waals surface area contributed by atoms with E-state index in [2.05, 4.69) is 26.2 Å². The second-order valence-electron chi connectivity index (χ2n) is 3.26. The van der Waals surface area contributed by atoms with Gasteiger partial charge in [-0.05, 0) is 28.1 Å². The summed E-state index contributed by atoms with van der Waals surface area (Å²) in [7, 11) is 0. The van der Waals surface area contributed by atoms with Crippen molar-refractivity contribution in [2.75, 3.05) is 5.32 Å². The molecule has 0 aliphatic carbocycles. The largest absolute Gasteiger partial charge is 0.349 e. The quantitative estimate of drug-likeness (QED) is 0.695. The summed E-state index contributed by atoms with van der Waals surface area (Å²) in [5.74, 6) is 0. The fraction of sp³-hybridized carbons (Fsp3) is 0. The minimum atomic E-state index is -0.469. The van der Waals surface area contributed by atoms with E-state index in [1.165, 1.54) is 12.4 Å². The highest BCUT2D eigenvalue weighted by Gasteiger charge is 2.17. The van der Waals surface area contributed by atoms with Crippen molar-refractivity contribution in [1.82, 2.24) is 4.98 Å². The lowest BCUT2D eigenvalue weighted by Crippen LogP contribution is -1.98. The number of anilines is 2. The molecular formula is C11H8BrN3O2. The molecule has 0 aliphatic heterocycles. The molecule has 0 unspecified atom stereocenters. The first kappa shape index (κ1) is 11.5. The van der Waals surface area contributed by atoms with Crippen molar-refractivity contribution >= 4 is 33.0 Å². The molecule has 1 N–H and O–H groups in total. The van der Waals surface area contributed by atoms with Gasteiger partial charge >= 0.3 is 5.69 Å². The molecule has 0 amide bonds. The first-order valence-corrected chi connectivity index (χ1v) is 5.58. The normalized spacial score (nSPS) is 9.94. The number of nitro groups is 1. The Labute approximate surface area is 106 Å². The van der Waals surface area contributed by atoms with Crippen LogP contribution in [0.3, 0.4) is 0 Å². The maximum Gasteiger partial charge on any atom is 0.311 e. The Morgan fingerprint density at radius 3 is 2.59 bits per heavy atom. The van der Waals surface area contributed by atoms with Gasteiger partial charge in [0.2, 0.25) is 0 Å². The third-order valence-electron chi connectivity index (χ3n) is 2.12. The molecule has 0 fully saturated rings. The highest BCUT2D eigenvalue weighted by Crippen LogP contribution is 2.33. The zero-order valence-corrected chi connectivity index (χ0v) is 10.2. The van der Waals surface area contributed by atoms with E-state index in [0.717, 1.165) is 5.69 Å². The number of hydrogen-bond acceptors (Lipinski definition) is 4. The maximum absolute atomic E-state index is 10.9. The Kier molecular flexibility index (Phi) is 3.34. The average molecular weight is 294 g/mol. The molecule has 2 rings (SSSR count). The number of hydrogen-bond donors (Lipinski definition) is 1. The van der Waals surface area contributed by atoms with Crippen LogP contribution in [0, 0.1) is 10.1 Å². The van der Waals surface area contributed by atoms with Gasteiger partial charge in [0.25, 0.3) is 0 Å². The minimum absolute atomic E-state index is 0.0665. The summed E-state index contributed by atoms with van der Waals surface area (Å²) in [5.41, 5.74) is 1.11. The van der Waals surface area contributed by atoms with Gasteiger partial charge in [0.1, 0.15) is 11.9 Å². The first-order valence-electron chi connectivity index (χ1n) is 4.78. The van der Waals surface area contributed by atoms with Crippen LogP contribution in [0.2, 0.25) is 0 Å². The topological polar surface area (TPSA) is 68.1 Å². The van der Waals surface area contributed by atoms with E-state index in [-0.39, 0.29) is 5.69 Å². The van der Waals surface area contributed by atoms with E-state index in [4.69, 9.17) is 0 Å². The second kappa shape index (κ2) is 4.92. The van der Waals surface area contributed by atoms with Gasteiger partial charge in [-0.15, -0.1) is 0 Å². The Morgan fingerprint density at radius 1 is 1.24 bits per heavy atom. The number of rotatable bonds is 3. The molecule has 1 aromatic heterocycles. The van der Waals surface area contributed by atoms with E-state index >= 15 is 0 Å². The zero-order chi connectivity index (χ0) is 12.3. The molecule has 0 spiro atoms. The van der Waals surface area contributed by atoms with Crippen LogP contribution >= 0.6 is 15.9 Å². The molecule has 2 aromatic rings. The summed E-state index contributed by atoms with van der Waals surface area (Å²) in [6, 6.07) is 9.24. The number of pyridine rings is 1. The van der Waals surface area contributed by atoms with Gasteiger partial charge in [-0.25, -0.2) is 0 Å². The van der Waals surface area contributed by atoms with Gasteiger partial charge in [-0.2, -0.15) is 0 Å². The highest BCUT2D eigenvalue weighted by atomic mass is 79.9. The van der Waals surface area contributed by atoms with E-state index in [9.17, 15) is 10.1 Å². The van der Waals surface area contributed by atoms with Gasteiger partial charge in [0, 0.05) is 11.9 Å². The number of nitrogens with one attached hydrogen (secondary N) is 1. The Morgan fingerprint density at radius 2 is 1.94 bits per heavy atom. The number of nitrogens with zero attached hydrogens (tertiary/aromatic N) is 2. The van der Waals surface area contributed by atoms with E-state index in [0.29, 0.717) is 10.2 Å². The monoisotopic (exact) mass is 293 g/mol. The molecule has 1 heterocycles. The van der Waals surface area contributed by atoms with Gasteiger partial charge in [0.15, 0.2) is 0 Å². The smallest absolute Gasteiger partial charge is 0.311 e. The van der Waals surface area contributed by atoms with E-state index in [1.807, 2.05) is 30.3 Å².